The molecule has 0 bridgehead atoms. The highest BCUT2D eigenvalue weighted by Crippen LogP contribution is 2.40. The van der Waals surface area contributed by atoms with E-state index in [1.165, 1.54) is 37.8 Å². The predicted octanol–water partition coefficient (Wildman–Crippen LogP) is 4.07. The molecule has 0 saturated heterocycles. The molecule has 0 aromatic carbocycles. The Hall–Kier alpha value is -0.830. The summed E-state index contributed by atoms with van der Waals surface area (Å²) in [4.78, 5) is 0. The first-order chi connectivity index (χ1) is 9.44. The van der Waals surface area contributed by atoms with Crippen LogP contribution in [0.15, 0.2) is 12.3 Å². The summed E-state index contributed by atoms with van der Waals surface area (Å²) in [5.74, 6) is 0.901. The van der Waals surface area contributed by atoms with Gasteiger partial charge in [-0.15, -0.1) is 0 Å². The first-order valence-corrected chi connectivity index (χ1v) is 8.18. The molecule has 1 N–H and O–H groups in total. The van der Waals surface area contributed by atoms with Gasteiger partial charge in [0.25, 0.3) is 0 Å². The van der Waals surface area contributed by atoms with E-state index >= 15 is 0 Å². The van der Waals surface area contributed by atoms with E-state index in [-0.39, 0.29) is 0 Å². The highest BCUT2D eigenvalue weighted by molar-refractivity contribution is 5.05. The molecule has 1 aromatic rings. The van der Waals surface area contributed by atoms with E-state index in [1.807, 2.05) is 17.9 Å². The normalized spacial score (nSPS) is 25.6. The molecule has 1 aromatic heterocycles. The molecule has 1 fully saturated rings. The van der Waals surface area contributed by atoms with Crippen molar-refractivity contribution in [2.45, 2.75) is 71.9 Å². The van der Waals surface area contributed by atoms with Crippen molar-refractivity contribution in [1.82, 2.24) is 15.1 Å². The molecular formula is C17H31N3. The summed E-state index contributed by atoms with van der Waals surface area (Å²) in [5, 5.41) is 8.05. The van der Waals surface area contributed by atoms with Gasteiger partial charge in [-0.2, -0.15) is 5.10 Å². The summed E-state index contributed by atoms with van der Waals surface area (Å²) in [6, 6.07) is 3.18. The molecule has 0 amide bonds. The average molecular weight is 277 g/mol. The fourth-order valence-electron chi connectivity index (χ4n) is 3.58. The van der Waals surface area contributed by atoms with Gasteiger partial charge < -0.3 is 5.32 Å². The molecule has 1 unspecified atom stereocenters. The monoisotopic (exact) mass is 277 g/mol. The van der Waals surface area contributed by atoms with E-state index in [4.69, 9.17) is 0 Å². The van der Waals surface area contributed by atoms with Gasteiger partial charge in [0.15, 0.2) is 0 Å². The third-order valence-electron chi connectivity index (χ3n) is 5.53. The molecule has 1 aliphatic carbocycles. The highest BCUT2D eigenvalue weighted by atomic mass is 15.3. The van der Waals surface area contributed by atoms with Crippen molar-refractivity contribution < 1.29 is 0 Å². The molecule has 114 valence electrons. The summed E-state index contributed by atoms with van der Waals surface area (Å²) >= 11 is 0. The van der Waals surface area contributed by atoms with Crippen LogP contribution >= 0.6 is 0 Å². The van der Waals surface area contributed by atoms with E-state index in [2.05, 4.69) is 44.2 Å². The Morgan fingerprint density at radius 1 is 1.35 bits per heavy atom. The van der Waals surface area contributed by atoms with E-state index in [1.54, 1.807) is 0 Å². The van der Waals surface area contributed by atoms with E-state index in [9.17, 15) is 0 Å². The molecule has 3 heteroatoms. The third-order valence-corrected chi connectivity index (χ3v) is 5.53. The van der Waals surface area contributed by atoms with Gasteiger partial charge in [-0.3, -0.25) is 4.68 Å². The molecule has 0 radical (unpaired) electrons. The van der Waals surface area contributed by atoms with E-state index in [0.717, 1.165) is 5.92 Å². The number of aryl methyl sites for hydroxylation is 1. The number of nitrogens with one attached hydrogen (secondary N) is 1. The topological polar surface area (TPSA) is 29.9 Å². The summed E-state index contributed by atoms with van der Waals surface area (Å²) in [6.45, 7) is 9.45. The van der Waals surface area contributed by atoms with Crippen LogP contribution < -0.4 is 5.32 Å². The minimum Gasteiger partial charge on any atom is -0.306 e. The number of nitrogens with zero attached hydrogens (tertiary/aromatic N) is 2. The van der Waals surface area contributed by atoms with Crippen molar-refractivity contribution in [2.75, 3.05) is 0 Å². The number of rotatable bonds is 5. The van der Waals surface area contributed by atoms with E-state index in [0.29, 0.717) is 17.5 Å². The fourth-order valence-corrected chi connectivity index (χ4v) is 3.58. The van der Waals surface area contributed by atoms with Crippen LogP contribution in [-0.2, 0) is 7.05 Å². The first kappa shape index (κ1) is 15.6. The second kappa shape index (κ2) is 6.30. The second-order valence-corrected chi connectivity index (χ2v) is 7.16. The molecular weight excluding hydrogens is 246 g/mol. The number of hydrogen-bond acceptors (Lipinski definition) is 2. The first-order valence-electron chi connectivity index (χ1n) is 8.18. The summed E-state index contributed by atoms with van der Waals surface area (Å²) in [6.07, 6.45) is 8.55. The van der Waals surface area contributed by atoms with Crippen LogP contribution in [0.5, 0.6) is 0 Å². The maximum atomic E-state index is 4.26. The largest absolute Gasteiger partial charge is 0.306 e. The Morgan fingerprint density at radius 3 is 2.50 bits per heavy atom. The Morgan fingerprint density at radius 2 is 2.00 bits per heavy atom. The quantitative estimate of drug-likeness (QED) is 0.879. The van der Waals surface area contributed by atoms with Gasteiger partial charge >= 0.3 is 0 Å². The molecule has 1 aliphatic rings. The number of aromatic nitrogens is 2. The molecule has 3 nitrogen and oxygen atoms in total. The molecule has 1 saturated carbocycles. The van der Waals surface area contributed by atoms with Gasteiger partial charge in [-0.25, -0.2) is 0 Å². The Bertz CT molecular complexity index is 414. The van der Waals surface area contributed by atoms with Gasteiger partial charge in [-0.1, -0.05) is 27.2 Å². The minimum atomic E-state index is 0.392. The van der Waals surface area contributed by atoms with Gasteiger partial charge in [0.05, 0.1) is 5.69 Å². The van der Waals surface area contributed by atoms with Crippen LogP contribution in [0.2, 0.25) is 0 Å². The summed E-state index contributed by atoms with van der Waals surface area (Å²) in [5.41, 5.74) is 1.79. The zero-order chi connectivity index (χ0) is 14.8. The SMILES string of the molecule is CCC(C)(C)C1CCC(NC(C)c2ccnn2C)CC1. The lowest BCUT2D eigenvalue weighted by Crippen LogP contribution is -2.38. The van der Waals surface area contributed by atoms with Crippen LogP contribution in [0.25, 0.3) is 0 Å². The lowest BCUT2D eigenvalue weighted by molar-refractivity contribution is 0.134. The van der Waals surface area contributed by atoms with Gasteiger partial charge in [0.1, 0.15) is 0 Å². The zero-order valence-corrected chi connectivity index (χ0v) is 13.8. The van der Waals surface area contributed by atoms with Crippen molar-refractivity contribution in [3.05, 3.63) is 18.0 Å². The lowest BCUT2D eigenvalue weighted by Gasteiger charge is -2.39. The summed E-state index contributed by atoms with van der Waals surface area (Å²) in [7, 11) is 2.02. The van der Waals surface area contributed by atoms with Crippen molar-refractivity contribution >= 4 is 0 Å². The van der Waals surface area contributed by atoms with Gasteiger partial charge in [-0.05, 0) is 50.0 Å². The number of hydrogen-bond donors (Lipinski definition) is 1. The smallest absolute Gasteiger partial charge is 0.0547 e. The molecule has 1 heterocycles. The molecule has 2 rings (SSSR count). The van der Waals surface area contributed by atoms with E-state index < -0.39 is 0 Å². The summed E-state index contributed by atoms with van der Waals surface area (Å²) < 4.78 is 1.98. The maximum absolute atomic E-state index is 4.26. The molecule has 0 aliphatic heterocycles. The fraction of sp³-hybridized carbons (Fsp3) is 0.824. The maximum Gasteiger partial charge on any atom is 0.0547 e. The Labute approximate surface area is 124 Å². The van der Waals surface area contributed by atoms with Crippen LogP contribution in [0.4, 0.5) is 0 Å². The van der Waals surface area contributed by atoms with Gasteiger partial charge in [0, 0.05) is 25.3 Å². The molecule has 20 heavy (non-hydrogen) atoms. The van der Waals surface area contributed by atoms with Crippen molar-refractivity contribution in [1.29, 1.82) is 0 Å². The van der Waals surface area contributed by atoms with Crippen LogP contribution in [0.3, 0.4) is 0 Å². The average Bonchev–Trinajstić information content (AvgIpc) is 2.85. The van der Waals surface area contributed by atoms with Crippen molar-refractivity contribution in [2.24, 2.45) is 18.4 Å². The van der Waals surface area contributed by atoms with Gasteiger partial charge in [0.2, 0.25) is 0 Å². The molecule has 1 atom stereocenters. The van der Waals surface area contributed by atoms with Crippen LogP contribution in [0.1, 0.15) is 71.5 Å². The highest BCUT2D eigenvalue weighted by Gasteiger charge is 2.32. The Balaban J connectivity index is 1.84. The lowest BCUT2D eigenvalue weighted by atomic mass is 9.69. The minimum absolute atomic E-state index is 0.392. The van der Waals surface area contributed by atoms with Crippen molar-refractivity contribution in [3.63, 3.8) is 0 Å². The zero-order valence-electron chi connectivity index (χ0n) is 13.8. The Kier molecular flexibility index (Phi) is 4.90. The van der Waals surface area contributed by atoms with Crippen LogP contribution in [-0.4, -0.2) is 15.8 Å². The third kappa shape index (κ3) is 3.43. The van der Waals surface area contributed by atoms with Crippen molar-refractivity contribution in [3.8, 4) is 0 Å². The van der Waals surface area contributed by atoms with Crippen LogP contribution in [0, 0.1) is 11.3 Å². The second-order valence-electron chi connectivity index (χ2n) is 7.16. The standard InChI is InChI=1S/C17H31N3/c1-6-17(3,4)14-7-9-15(10-8-14)19-13(2)16-11-12-18-20(16)5/h11-15,19H,6-10H2,1-5H3. The molecule has 0 spiro atoms. The predicted molar refractivity (Wildman–Crippen MR) is 84.6 cm³/mol.